The molecule has 112 valence electrons. The predicted octanol–water partition coefficient (Wildman–Crippen LogP) is 5.45. The molecule has 21 heavy (non-hydrogen) atoms. The van der Waals surface area contributed by atoms with Crippen LogP contribution in [-0.4, -0.2) is 0 Å². The van der Waals surface area contributed by atoms with Gasteiger partial charge in [-0.3, -0.25) is 0 Å². The number of hydrogen-bond donors (Lipinski definition) is 1. The summed E-state index contributed by atoms with van der Waals surface area (Å²) in [6.45, 7) is 1.71. The molecular weight excluding hydrogens is 383 g/mol. The van der Waals surface area contributed by atoms with Gasteiger partial charge in [0.15, 0.2) is 0 Å². The average Bonchev–Trinajstić information content (AvgIpc) is 2.31. The van der Waals surface area contributed by atoms with Gasteiger partial charge in [-0.25, -0.2) is 8.78 Å². The van der Waals surface area contributed by atoms with Crippen molar-refractivity contribution in [2.75, 3.05) is 0 Å². The summed E-state index contributed by atoms with van der Waals surface area (Å²) in [5.74, 6) is -0.961. The van der Waals surface area contributed by atoms with Crippen molar-refractivity contribution in [3.8, 4) is 0 Å². The van der Waals surface area contributed by atoms with Gasteiger partial charge in [0.05, 0.1) is 5.02 Å². The van der Waals surface area contributed by atoms with Crippen molar-refractivity contribution in [3.05, 3.63) is 67.6 Å². The second kappa shape index (κ2) is 6.21. The Labute approximate surface area is 140 Å². The minimum absolute atomic E-state index is 0.0620. The lowest BCUT2D eigenvalue weighted by Gasteiger charge is -2.27. The molecule has 0 radical (unpaired) electrons. The number of rotatable bonds is 3. The third-order valence-electron chi connectivity index (χ3n) is 3.12. The van der Waals surface area contributed by atoms with E-state index >= 15 is 0 Å². The number of halogens is 5. The highest BCUT2D eigenvalue weighted by molar-refractivity contribution is 9.10. The van der Waals surface area contributed by atoms with Crippen LogP contribution >= 0.6 is 39.1 Å². The Morgan fingerprint density at radius 1 is 1.10 bits per heavy atom. The van der Waals surface area contributed by atoms with Gasteiger partial charge >= 0.3 is 0 Å². The second-order valence-corrected chi connectivity index (χ2v) is 6.85. The molecule has 0 bridgehead atoms. The van der Waals surface area contributed by atoms with Crippen molar-refractivity contribution in [3.63, 3.8) is 0 Å². The fourth-order valence-electron chi connectivity index (χ4n) is 2.19. The van der Waals surface area contributed by atoms with Crippen LogP contribution in [0.3, 0.4) is 0 Å². The van der Waals surface area contributed by atoms with Crippen LogP contribution in [0.15, 0.2) is 34.8 Å². The molecule has 6 heteroatoms. The topological polar surface area (TPSA) is 26.0 Å². The van der Waals surface area contributed by atoms with E-state index in [9.17, 15) is 8.78 Å². The second-order valence-electron chi connectivity index (χ2n) is 5.12. The zero-order chi connectivity index (χ0) is 15.8. The Kier molecular flexibility index (Phi) is 4.93. The van der Waals surface area contributed by atoms with Crippen molar-refractivity contribution in [2.45, 2.75) is 18.9 Å². The van der Waals surface area contributed by atoms with E-state index in [2.05, 4.69) is 15.9 Å². The molecule has 0 heterocycles. The molecule has 0 fully saturated rings. The van der Waals surface area contributed by atoms with E-state index in [1.54, 1.807) is 13.0 Å². The summed E-state index contributed by atoms with van der Waals surface area (Å²) in [6.07, 6.45) is 0.296. The highest BCUT2D eigenvalue weighted by atomic mass is 79.9. The Balaban J connectivity index is 2.40. The number of hydrogen-bond acceptors (Lipinski definition) is 1. The van der Waals surface area contributed by atoms with Crippen LogP contribution in [0.5, 0.6) is 0 Å². The summed E-state index contributed by atoms with van der Waals surface area (Å²) in [7, 11) is 0. The summed E-state index contributed by atoms with van der Waals surface area (Å²) in [6, 6.07) is 7.04. The molecule has 0 aliphatic rings. The lowest BCUT2D eigenvalue weighted by atomic mass is 9.86. The summed E-state index contributed by atoms with van der Waals surface area (Å²) < 4.78 is 27.7. The molecule has 0 aliphatic heterocycles. The van der Waals surface area contributed by atoms with Crippen LogP contribution in [-0.2, 0) is 12.0 Å². The third-order valence-corrected chi connectivity index (χ3v) is 4.18. The van der Waals surface area contributed by atoms with E-state index in [4.69, 9.17) is 28.9 Å². The molecule has 0 saturated heterocycles. The van der Waals surface area contributed by atoms with Gasteiger partial charge in [0.25, 0.3) is 0 Å². The van der Waals surface area contributed by atoms with Crippen LogP contribution in [0.4, 0.5) is 8.78 Å². The average molecular weight is 395 g/mol. The first-order valence-electron chi connectivity index (χ1n) is 6.08. The summed E-state index contributed by atoms with van der Waals surface area (Å²) >= 11 is 15.0. The maximum atomic E-state index is 13.6. The molecule has 2 aromatic rings. The van der Waals surface area contributed by atoms with Crippen LogP contribution in [0.25, 0.3) is 0 Å². The molecule has 2 N–H and O–H groups in total. The third kappa shape index (κ3) is 3.95. The zero-order valence-electron chi connectivity index (χ0n) is 11.1. The van der Waals surface area contributed by atoms with Gasteiger partial charge in [-0.1, -0.05) is 39.1 Å². The molecule has 0 aromatic heterocycles. The van der Waals surface area contributed by atoms with Crippen molar-refractivity contribution in [1.29, 1.82) is 0 Å². The minimum Gasteiger partial charge on any atom is -0.321 e. The fraction of sp³-hybridized carbons (Fsp3) is 0.200. The van der Waals surface area contributed by atoms with E-state index in [1.807, 2.05) is 0 Å². The standard InChI is InChI=1S/C15H12BrCl2F2N/c1-15(21,7-8-2-9(16)4-10(19)3-8)11-5-14(20)13(18)6-12(11)17/h2-6H,7,21H2,1H3. The highest BCUT2D eigenvalue weighted by Gasteiger charge is 2.26. The van der Waals surface area contributed by atoms with Crippen molar-refractivity contribution < 1.29 is 8.78 Å². The van der Waals surface area contributed by atoms with Gasteiger partial charge < -0.3 is 5.73 Å². The molecule has 0 spiro atoms. The Bertz CT molecular complexity index is 669. The van der Waals surface area contributed by atoms with E-state index in [0.29, 0.717) is 22.0 Å². The van der Waals surface area contributed by atoms with E-state index in [0.717, 1.165) is 0 Å². The predicted molar refractivity (Wildman–Crippen MR) is 85.8 cm³/mol. The quantitative estimate of drug-likeness (QED) is 0.688. The van der Waals surface area contributed by atoms with Crippen molar-refractivity contribution in [2.24, 2.45) is 5.73 Å². The summed E-state index contributed by atoms with van der Waals surface area (Å²) in [5.41, 5.74) is 6.40. The van der Waals surface area contributed by atoms with Crippen LogP contribution in [0.2, 0.25) is 10.0 Å². The van der Waals surface area contributed by atoms with Crippen molar-refractivity contribution in [1.82, 2.24) is 0 Å². The smallest absolute Gasteiger partial charge is 0.142 e. The molecule has 1 unspecified atom stereocenters. The molecule has 1 atom stereocenters. The maximum Gasteiger partial charge on any atom is 0.142 e. The Morgan fingerprint density at radius 3 is 2.38 bits per heavy atom. The van der Waals surface area contributed by atoms with E-state index < -0.39 is 11.4 Å². The highest BCUT2D eigenvalue weighted by Crippen LogP contribution is 2.33. The first-order chi connectivity index (χ1) is 9.69. The minimum atomic E-state index is -0.963. The Morgan fingerprint density at radius 2 is 1.76 bits per heavy atom. The lowest BCUT2D eigenvalue weighted by Crippen LogP contribution is -2.36. The molecule has 0 saturated carbocycles. The monoisotopic (exact) mass is 393 g/mol. The molecule has 0 amide bonds. The Hall–Kier alpha value is -0.680. The first-order valence-corrected chi connectivity index (χ1v) is 7.63. The van der Waals surface area contributed by atoms with Crippen molar-refractivity contribution >= 4 is 39.1 Å². The zero-order valence-corrected chi connectivity index (χ0v) is 14.2. The van der Waals surface area contributed by atoms with Crippen LogP contribution in [0, 0.1) is 11.6 Å². The molecule has 2 rings (SSSR count). The van der Waals surface area contributed by atoms with Crippen LogP contribution < -0.4 is 5.73 Å². The van der Waals surface area contributed by atoms with Gasteiger partial charge in [0.1, 0.15) is 11.6 Å². The normalized spacial score (nSPS) is 14.0. The number of benzene rings is 2. The fourth-order valence-corrected chi connectivity index (χ4v) is 3.30. The van der Waals surface area contributed by atoms with Crippen LogP contribution in [0.1, 0.15) is 18.1 Å². The van der Waals surface area contributed by atoms with Gasteiger partial charge in [0.2, 0.25) is 0 Å². The molecule has 2 aromatic carbocycles. The first kappa shape index (κ1) is 16.7. The number of nitrogens with two attached hydrogens (primary N) is 1. The SMILES string of the molecule is CC(N)(Cc1cc(F)cc(Br)c1)c1cc(F)c(Cl)cc1Cl. The summed E-state index contributed by atoms with van der Waals surface area (Å²) in [4.78, 5) is 0. The van der Waals surface area contributed by atoms with E-state index in [-0.39, 0.29) is 15.9 Å². The molecular formula is C15H12BrCl2F2N. The van der Waals surface area contributed by atoms with Gasteiger partial charge in [-0.15, -0.1) is 0 Å². The van der Waals surface area contributed by atoms with Gasteiger partial charge in [0, 0.05) is 15.0 Å². The molecule has 0 aliphatic carbocycles. The molecule has 1 nitrogen and oxygen atoms in total. The largest absolute Gasteiger partial charge is 0.321 e. The lowest BCUT2D eigenvalue weighted by molar-refractivity contribution is 0.484. The van der Waals surface area contributed by atoms with Gasteiger partial charge in [-0.05, 0) is 54.8 Å². The van der Waals surface area contributed by atoms with E-state index in [1.165, 1.54) is 24.3 Å². The maximum absolute atomic E-state index is 13.6. The summed E-state index contributed by atoms with van der Waals surface area (Å²) in [5, 5.41) is 0.218. The van der Waals surface area contributed by atoms with Gasteiger partial charge in [-0.2, -0.15) is 0 Å².